The van der Waals surface area contributed by atoms with Gasteiger partial charge in [0.2, 0.25) is 0 Å². The first-order valence-electron chi connectivity index (χ1n) is 8.29. The summed E-state index contributed by atoms with van der Waals surface area (Å²) < 4.78 is 11.3. The molecule has 2 fully saturated rings. The minimum Gasteiger partial charge on any atom is -0.490 e. The van der Waals surface area contributed by atoms with Gasteiger partial charge in [-0.05, 0) is 30.5 Å². The van der Waals surface area contributed by atoms with Crippen LogP contribution in [0.3, 0.4) is 0 Å². The Balaban J connectivity index is 1.73. The quantitative estimate of drug-likeness (QED) is 0.924. The minimum absolute atomic E-state index is 0.211. The highest BCUT2D eigenvalue weighted by molar-refractivity contribution is 5.81. The zero-order valence-corrected chi connectivity index (χ0v) is 12.9. The van der Waals surface area contributed by atoms with Crippen LogP contribution in [0.25, 0.3) is 0 Å². The molecular formula is C18H24O4. The predicted octanol–water partition coefficient (Wildman–Crippen LogP) is 3.53. The number of carbonyl (C=O) groups is 1. The van der Waals surface area contributed by atoms with E-state index in [4.69, 9.17) is 9.47 Å². The molecule has 1 heterocycles. The summed E-state index contributed by atoms with van der Waals surface area (Å²) in [7, 11) is 0. The summed E-state index contributed by atoms with van der Waals surface area (Å²) in [4.78, 5) is 11.8. The van der Waals surface area contributed by atoms with Gasteiger partial charge in [0.1, 0.15) is 11.9 Å². The number of aliphatic carboxylic acids is 1. The number of carboxylic acid groups (broad SMARTS) is 1. The van der Waals surface area contributed by atoms with E-state index in [-0.39, 0.29) is 6.10 Å². The Morgan fingerprint density at radius 1 is 1.09 bits per heavy atom. The summed E-state index contributed by atoms with van der Waals surface area (Å²) >= 11 is 0. The Bertz CT molecular complexity index is 496. The van der Waals surface area contributed by atoms with Crippen molar-refractivity contribution in [1.29, 1.82) is 0 Å². The smallest absolute Gasteiger partial charge is 0.314 e. The van der Waals surface area contributed by atoms with Crippen LogP contribution in [-0.4, -0.2) is 30.4 Å². The Kier molecular flexibility index (Phi) is 4.67. The summed E-state index contributed by atoms with van der Waals surface area (Å²) in [6.45, 7) is 1.51. The Morgan fingerprint density at radius 2 is 1.73 bits per heavy atom. The molecule has 0 spiro atoms. The maximum Gasteiger partial charge on any atom is 0.314 e. The van der Waals surface area contributed by atoms with E-state index in [1.54, 1.807) is 0 Å². The molecular weight excluding hydrogens is 280 g/mol. The van der Waals surface area contributed by atoms with Gasteiger partial charge in [-0.3, -0.25) is 4.79 Å². The van der Waals surface area contributed by atoms with E-state index >= 15 is 0 Å². The van der Waals surface area contributed by atoms with Crippen LogP contribution >= 0.6 is 0 Å². The van der Waals surface area contributed by atoms with Crippen molar-refractivity contribution in [3.05, 3.63) is 29.8 Å². The maximum atomic E-state index is 11.8. The molecule has 0 aromatic heterocycles. The average molecular weight is 304 g/mol. The van der Waals surface area contributed by atoms with Crippen molar-refractivity contribution in [2.45, 2.75) is 56.5 Å². The zero-order chi connectivity index (χ0) is 15.4. The molecule has 1 saturated heterocycles. The van der Waals surface area contributed by atoms with Crippen LogP contribution < -0.4 is 4.74 Å². The van der Waals surface area contributed by atoms with Crippen molar-refractivity contribution in [1.82, 2.24) is 0 Å². The SMILES string of the molecule is O=C(O)C1(c2ccc(OC3CCOCC3)cc2)CCCCC1. The molecule has 3 rings (SSSR count). The van der Waals surface area contributed by atoms with E-state index in [0.29, 0.717) is 0 Å². The normalized spacial score (nSPS) is 22.2. The number of rotatable bonds is 4. The van der Waals surface area contributed by atoms with Gasteiger partial charge in [-0.15, -0.1) is 0 Å². The van der Waals surface area contributed by atoms with Crippen LogP contribution in [0.5, 0.6) is 5.75 Å². The van der Waals surface area contributed by atoms with Gasteiger partial charge >= 0.3 is 5.97 Å². The van der Waals surface area contributed by atoms with E-state index in [2.05, 4.69) is 0 Å². The van der Waals surface area contributed by atoms with Crippen LogP contribution in [0.1, 0.15) is 50.5 Å². The average Bonchev–Trinajstić information content (AvgIpc) is 2.57. The predicted molar refractivity (Wildman–Crippen MR) is 83.3 cm³/mol. The molecule has 1 aliphatic carbocycles. The summed E-state index contributed by atoms with van der Waals surface area (Å²) in [5.41, 5.74) is 0.217. The lowest BCUT2D eigenvalue weighted by atomic mass is 9.69. The number of hydrogen-bond donors (Lipinski definition) is 1. The van der Waals surface area contributed by atoms with E-state index in [1.165, 1.54) is 0 Å². The number of ether oxygens (including phenoxy) is 2. The second-order valence-electron chi connectivity index (χ2n) is 6.40. The van der Waals surface area contributed by atoms with Crippen molar-refractivity contribution in [3.8, 4) is 5.75 Å². The highest BCUT2D eigenvalue weighted by atomic mass is 16.5. The molecule has 4 heteroatoms. The first-order chi connectivity index (χ1) is 10.7. The Labute approximate surface area is 131 Å². The molecule has 1 aliphatic heterocycles. The second-order valence-corrected chi connectivity index (χ2v) is 6.40. The third-order valence-corrected chi connectivity index (χ3v) is 4.99. The summed E-state index contributed by atoms with van der Waals surface area (Å²) in [5.74, 6) is 0.136. The molecule has 0 amide bonds. The van der Waals surface area contributed by atoms with Gasteiger partial charge in [0.15, 0.2) is 0 Å². The summed E-state index contributed by atoms with van der Waals surface area (Å²) in [6.07, 6.45) is 6.65. The molecule has 4 nitrogen and oxygen atoms in total. The Hall–Kier alpha value is -1.55. The van der Waals surface area contributed by atoms with E-state index in [1.807, 2.05) is 24.3 Å². The largest absolute Gasteiger partial charge is 0.490 e. The van der Waals surface area contributed by atoms with Crippen molar-refractivity contribution in [2.75, 3.05) is 13.2 Å². The monoisotopic (exact) mass is 304 g/mol. The van der Waals surface area contributed by atoms with Crippen molar-refractivity contribution in [3.63, 3.8) is 0 Å². The number of benzene rings is 1. The van der Waals surface area contributed by atoms with E-state index in [9.17, 15) is 9.90 Å². The molecule has 1 aromatic carbocycles. The fourth-order valence-corrected chi connectivity index (χ4v) is 3.62. The first kappa shape index (κ1) is 15.3. The fraction of sp³-hybridized carbons (Fsp3) is 0.611. The van der Waals surface area contributed by atoms with Crippen LogP contribution in [0.2, 0.25) is 0 Å². The molecule has 0 unspecified atom stereocenters. The highest BCUT2D eigenvalue weighted by Gasteiger charge is 2.41. The van der Waals surface area contributed by atoms with Gasteiger partial charge < -0.3 is 14.6 Å². The van der Waals surface area contributed by atoms with Gasteiger partial charge in [0, 0.05) is 12.8 Å². The molecule has 22 heavy (non-hydrogen) atoms. The third kappa shape index (κ3) is 3.12. The van der Waals surface area contributed by atoms with Crippen molar-refractivity contribution < 1.29 is 19.4 Å². The topological polar surface area (TPSA) is 55.8 Å². The minimum atomic E-state index is -0.699. The van der Waals surface area contributed by atoms with Gasteiger partial charge in [0.25, 0.3) is 0 Å². The van der Waals surface area contributed by atoms with Gasteiger partial charge in [-0.2, -0.15) is 0 Å². The lowest BCUT2D eigenvalue weighted by Gasteiger charge is -2.33. The zero-order valence-electron chi connectivity index (χ0n) is 12.9. The highest BCUT2D eigenvalue weighted by Crippen LogP contribution is 2.40. The molecule has 0 radical (unpaired) electrons. The lowest BCUT2D eigenvalue weighted by Crippen LogP contribution is -2.37. The van der Waals surface area contributed by atoms with Crippen molar-refractivity contribution in [2.24, 2.45) is 0 Å². The fourth-order valence-electron chi connectivity index (χ4n) is 3.62. The van der Waals surface area contributed by atoms with Gasteiger partial charge in [-0.1, -0.05) is 31.4 Å². The Morgan fingerprint density at radius 3 is 2.32 bits per heavy atom. The standard InChI is InChI=1S/C18H24O4/c19-17(20)18(10-2-1-3-11-18)14-4-6-15(7-5-14)22-16-8-12-21-13-9-16/h4-7,16H,1-3,8-13H2,(H,19,20). The third-order valence-electron chi connectivity index (χ3n) is 4.99. The van der Waals surface area contributed by atoms with Gasteiger partial charge in [0.05, 0.1) is 18.6 Å². The first-order valence-corrected chi connectivity index (χ1v) is 8.29. The molecule has 1 aromatic rings. The van der Waals surface area contributed by atoms with E-state index < -0.39 is 11.4 Å². The molecule has 0 atom stereocenters. The molecule has 1 N–H and O–H groups in total. The summed E-state index contributed by atoms with van der Waals surface area (Å²) in [5, 5.41) is 9.73. The van der Waals surface area contributed by atoms with Crippen LogP contribution in [0.15, 0.2) is 24.3 Å². The molecule has 2 aliphatic rings. The van der Waals surface area contributed by atoms with Crippen molar-refractivity contribution >= 4 is 5.97 Å². The maximum absolute atomic E-state index is 11.8. The van der Waals surface area contributed by atoms with Crippen LogP contribution in [-0.2, 0) is 14.9 Å². The number of carboxylic acids is 1. The molecule has 1 saturated carbocycles. The molecule has 0 bridgehead atoms. The van der Waals surface area contributed by atoms with E-state index in [0.717, 1.165) is 69.5 Å². The second kappa shape index (κ2) is 6.69. The van der Waals surface area contributed by atoms with Crippen LogP contribution in [0, 0.1) is 0 Å². The van der Waals surface area contributed by atoms with Crippen LogP contribution in [0.4, 0.5) is 0 Å². The lowest BCUT2D eigenvalue weighted by molar-refractivity contribution is -0.145. The number of hydrogen-bond acceptors (Lipinski definition) is 3. The molecule has 120 valence electrons. The summed E-state index contributed by atoms with van der Waals surface area (Å²) in [6, 6.07) is 7.72. The van der Waals surface area contributed by atoms with Gasteiger partial charge in [-0.25, -0.2) is 0 Å².